The lowest BCUT2D eigenvalue weighted by Gasteiger charge is -2.30. The van der Waals surface area contributed by atoms with Crippen molar-refractivity contribution in [3.63, 3.8) is 0 Å². The first-order valence-electron chi connectivity index (χ1n) is 9.95. The average Bonchev–Trinajstić information content (AvgIpc) is 3.15. The van der Waals surface area contributed by atoms with E-state index in [9.17, 15) is 9.59 Å². The Labute approximate surface area is 171 Å². The molecule has 29 heavy (non-hydrogen) atoms. The predicted octanol–water partition coefficient (Wildman–Crippen LogP) is 1.19. The molecule has 1 fully saturated rings. The number of rotatable bonds is 8. The van der Waals surface area contributed by atoms with E-state index in [1.54, 1.807) is 31.4 Å². The van der Waals surface area contributed by atoms with E-state index in [1.807, 2.05) is 24.0 Å². The standard InChI is InChI=1S/C21H29N5O3/c1-25-13-10-22-19(25)15-26-11-6-16(7-12-26)20(27)23-8-9-24-21(28)17-4-3-5-18(14-17)29-2/h3-5,10,13-14,16H,6-9,11-12,15H2,1-2H3,(H,23,27)(H,24,28). The van der Waals surface area contributed by atoms with Gasteiger partial charge in [-0.1, -0.05) is 6.07 Å². The quantitative estimate of drug-likeness (QED) is 0.651. The molecule has 1 saturated heterocycles. The second-order valence-corrected chi connectivity index (χ2v) is 7.28. The van der Waals surface area contributed by atoms with E-state index in [4.69, 9.17) is 4.74 Å². The molecule has 3 rings (SSSR count). The summed E-state index contributed by atoms with van der Waals surface area (Å²) in [7, 11) is 3.56. The van der Waals surface area contributed by atoms with Gasteiger partial charge in [-0.3, -0.25) is 14.5 Å². The number of aryl methyl sites for hydroxylation is 1. The number of nitrogens with zero attached hydrogens (tertiary/aromatic N) is 3. The van der Waals surface area contributed by atoms with E-state index >= 15 is 0 Å². The minimum Gasteiger partial charge on any atom is -0.497 e. The van der Waals surface area contributed by atoms with Crippen LogP contribution in [0.3, 0.4) is 0 Å². The number of aromatic nitrogens is 2. The Balaban J connectivity index is 1.34. The van der Waals surface area contributed by atoms with Gasteiger partial charge >= 0.3 is 0 Å². The Morgan fingerprint density at radius 3 is 2.66 bits per heavy atom. The fourth-order valence-electron chi connectivity index (χ4n) is 3.47. The zero-order valence-corrected chi connectivity index (χ0v) is 17.1. The highest BCUT2D eigenvalue weighted by atomic mass is 16.5. The van der Waals surface area contributed by atoms with Crippen LogP contribution >= 0.6 is 0 Å². The Bertz CT molecular complexity index is 827. The third-order valence-electron chi connectivity index (χ3n) is 5.29. The zero-order valence-electron chi connectivity index (χ0n) is 17.1. The van der Waals surface area contributed by atoms with Gasteiger partial charge in [-0.05, 0) is 44.1 Å². The first-order valence-corrected chi connectivity index (χ1v) is 9.95. The summed E-state index contributed by atoms with van der Waals surface area (Å²) in [6, 6.07) is 6.98. The fraction of sp³-hybridized carbons (Fsp3) is 0.476. The average molecular weight is 399 g/mol. The summed E-state index contributed by atoms with van der Waals surface area (Å²) in [5, 5.41) is 5.76. The maximum absolute atomic E-state index is 12.4. The van der Waals surface area contributed by atoms with Crippen molar-refractivity contribution in [2.24, 2.45) is 13.0 Å². The first-order chi connectivity index (χ1) is 14.1. The molecular formula is C21H29N5O3. The lowest BCUT2D eigenvalue weighted by atomic mass is 9.96. The van der Waals surface area contributed by atoms with Gasteiger partial charge in [0.15, 0.2) is 0 Å². The van der Waals surface area contributed by atoms with Crippen molar-refractivity contribution in [3.8, 4) is 5.75 Å². The number of imidazole rings is 1. The number of amides is 2. The molecule has 8 nitrogen and oxygen atoms in total. The molecule has 0 atom stereocenters. The van der Waals surface area contributed by atoms with E-state index in [0.717, 1.165) is 38.3 Å². The van der Waals surface area contributed by atoms with Crippen LogP contribution in [0.15, 0.2) is 36.7 Å². The van der Waals surface area contributed by atoms with Gasteiger partial charge in [0.05, 0.1) is 13.7 Å². The number of carbonyl (C=O) groups is 2. The highest BCUT2D eigenvalue weighted by molar-refractivity contribution is 5.94. The number of hydrogen-bond donors (Lipinski definition) is 2. The summed E-state index contributed by atoms with van der Waals surface area (Å²) in [6.07, 6.45) is 5.43. The van der Waals surface area contributed by atoms with Crippen LogP contribution in [0.25, 0.3) is 0 Å². The van der Waals surface area contributed by atoms with Crippen molar-refractivity contribution in [2.45, 2.75) is 19.4 Å². The molecule has 0 bridgehead atoms. The Morgan fingerprint density at radius 2 is 1.97 bits per heavy atom. The fourth-order valence-corrected chi connectivity index (χ4v) is 3.47. The number of carbonyl (C=O) groups excluding carboxylic acids is 2. The monoisotopic (exact) mass is 399 g/mol. The largest absolute Gasteiger partial charge is 0.497 e. The first kappa shape index (κ1) is 20.9. The van der Waals surface area contributed by atoms with Gasteiger partial charge in [0.25, 0.3) is 5.91 Å². The summed E-state index contributed by atoms with van der Waals surface area (Å²) in [4.78, 5) is 31.3. The Kier molecular flexibility index (Phi) is 7.24. The van der Waals surface area contributed by atoms with Crippen molar-refractivity contribution >= 4 is 11.8 Å². The number of piperidine rings is 1. The Morgan fingerprint density at radius 1 is 1.21 bits per heavy atom. The minimum atomic E-state index is -0.180. The molecule has 8 heteroatoms. The van der Waals surface area contributed by atoms with Crippen LogP contribution in [-0.2, 0) is 18.4 Å². The molecule has 0 saturated carbocycles. The second kappa shape index (κ2) is 10.1. The number of ether oxygens (including phenoxy) is 1. The number of hydrogen-bond acceptors (Lipinski definition) is 5. The second-order valence-electron chi connectivity index (χ2n) is 7.28. The van der Waals surface area contributed by atoms with Crippen molar-refractivity contribution in [1.29, 1.82) is 0 Å². The van der Waals surface area contributed by atoms with E-state index in [1.165, 1.54) is 0 Å². The molecule has 0 unspecified atom stereocenters. The molecule has 156 valence electrons. The molecule has 1 aliphatic rings. The van der Waals surface area contributed by atoms with Crippen molar-refractivity contribution in [3.05, 3.63) is 48.0 Å². The molecular weight excluding hydrogens is 370 g/mol. The molecule has 1 aromatic heterocycles. The third-order valence-corrected chi connectivity index (χ3v) is 5.29. The molecule has 1 aliphatic heterocycles. The van der Waals surface area contributed by atoms with E-state index in [-0.39, 0.29) is 17.7 Å². The van der Waals surface area contributed by atoms with Gasteiger partial charge in [0.1, 0.15) is 11.6 Å². The number of benzene rings is 1. The maximum Gasteiger partial charge on any atom is 0.251 e. The van der Waals surface area contributed by atoms with Crippen LogP contribution in [0, 0.1) is 5.92 Å². The number of methoxy groups -OCH3 is 1. The van der Waals surface area contributed by atoms with Crippen molar-refractivity contribution < 1.29 is 14.3 Å². The van der Waals surface area contributed by atoms with Gasteiger partial charge < -0.3 is 19.9 Å². The predicted molar refractivity (Wildman–Crippen MR) is 110 cm³/mol. The van der Waals surface area contributed by atoms with Gasteiger partial charge in [-0.2, -0.15) is 0 Å². The van der Waals surface area contributed by atoms with Crippen LogP contribution < -0.4 is 15.4 Å². The molecule has 0 radical (unpaired) electrons. The van der Waals surface area contributed by atoms with Crippen molar-refractivity contribution in [2.75, 3.05) is 33.3 Å². The lowest BCUT2D eigenvalue weighted by Crippen LogP contribution is -2.42. The number of nitrogens with one attached hydrogen (secondary N) is 2. The van der Waals surface area contributed by atoms with E-state index in [2.05, 4.69) is 20.5 Å². The topological polar surface area (TPSA) is 88.5 Å². The summed E-state index contributed by atoms with van der Waals surface area (Å²) in [6.45, 7) is 3.39. The van der Waals surface area contributed by atoms with Gasteiger partial charge in [0, 0.05) is 44.0 Å². The molecule has 1 aromatic carbocycles. The third kappa shape index (κ3) is 5.80. The summed E-state index contributed by atoms with van der Waals surface area (Å²) < 4.78 is 7.15. The molecule has 2 N–H and O–H groups in total. The molecule has 2 heterocycles. The minimum absolute atomic E-state index is 0.0294. The zero-order chi connectivity index (χ0) is 20.6. The lowest BCUT2D eigenvalue weighted by molar-refractivity contribution is -0.126. The van der Waals surface area contributed by atoms with Crippen LogP contribution in [0.2, 0.25) is 0 Å². The normalized spacial score (nSPS) is 15.1. The molecule has 2 aromatic rings. The van der Waals surface area contributed by atoms with Gasteiger partial charge in [0.2, 0.25) is 5.91 Å². The molecule has 2 amide bonds. The van der Waals surface area contributed by atoms with Gasteiger partial charge in [-0.25, -0.2) is 4.98 Å². The SMILES string of the molecule is COc1cccc(C(=O)NCCNC(=O)C2CCN(Cc3nccn3C)CC2)c1. The van der Waals surface area contributed by atoms with Crippen LogP contribution in [0.1, 0.15) is 29.0 Å². The van der Waals surface area contributed by atoms with Crippen LogP contribution in [-0.4, -0.2) is 59.6 Å². The van der Waals surface area contributed by atoms with Gasteiger partial charge in [-0.15, -0.1) is 0 Å². The summed E-state index contributed by atoms with van der Waals surface area (Å²) >= 11 is 0. The highest BCUT2D eigenvalue weighted by Gasteiger charge is 2.25. The smallest absolute Gasteiger partial charge is 0.251 e. The van der Waals surface area contributed by atoms with Crippen LogP contribution in [0.4, 0.5) is 0 Å². The van der Waals surface area contributed by atoms with Crippen molar-refractivity contribution in [1.82, 2.24) is 25.1 Å². The van der Waals surface area contributed by atoms with E-state index in [0.29, 0.717) is 24.4 Å². The number of likely N-dealkylation sites (tertiary alicyclic amines) is 1. The van der Waals surface area contributed by atoms with Crippen LogP contribution in [0.5, 0.6) is 5.75 Å². The summed E-state index contributed by atoms with van der Waals surface area (Å²) in [5.41, 5.74) is 0.538. The van der Waals surface area contributed by atoms with E-state index < -0.39 is 0 Å². The highest BCUT2D eigenvalue weighted by Crippen LogP contribution is 2.18. The maximum atomic E-state index is 12.4. The molecule has 0 aliphatic carbocycles. The molecule has 0 spiro atoms. The summed E-state index contributed by atoms with van der Waals surface area (Å²) in [5.74, 6) is 1.60. The Hall–Kier alpha value is -2.87.